The summed E-state index contributed by atoms with van der Waals surface area (Å²) >= 11 is 0. The topological polar surface area (TPSA) is 77.2 Å². The fourth-order valence-corrected chi connectivity index (χ4v) is 2.65. The minimum atomic E-state index is -0.522. The van der Waals surface area contributed by atoms with E-state index >= 15 is 0 Å². The molecular weight excluding hydrogens is 266 g/mol. The summed E-state index contributed by atoms with van der Waals surface area (Å²) in [7, 11) is 0. The second-order valence-electron chi connectivity index (χ2n) is 5.69. The number of hydrogen-bond acceptors (Lipinski definition) is 4. The first-order valence-electron chi connectivity index (χ1n) is 7.73. The van der Waals surface area contributed by atoms with Crippen LogP contribution in [0, 0.1) is 6.92 Å². The van der Waals surface area contributed by atoms with Crippen LogP contribution in [0.4, 0.5) is 0 Å². The van der Waals surface area contributed by atoms with Gasteiger partial charge in [-0.05, 0) is 45.4 Å². The number of aromatic nitrogens is 1. The maximum absolute atomic E-state index is 12.2. The number of carbonyl (C=O) groups excluding carboxylic acids is 1. The number of rotatable bonds is 6. The number of amides is 1. The molecule has 1 amide bonds. The molecule has 2 rings (SSSR count). The van der Waals surface area contributed by atoms with E-state index in [0.717, 1.165) is 24.2 Å². The van der Waals surface area contributed by atoms with Crippen LogP contribution in [0.25, 0.3) is 0 Å². The molecule has 1 fully saturated rings. The highest BCUT2D eigenvalue weighted by atomic mass is 16.5. The Morgan fingerprint density at radius 2 is 2.19 bits per heavy atom. The van der Waals surface area contributed by atoms with Gasteiger partial charge < -0.3 is 15.8 Å². The average molecular weight is 291 g/mol. The molecule has 1 aromatic heterocycles. The lowest BCUT2D eigenvalue weighted by Gasteiger charge is -2.19. The van der Waals surface area contributed by atoms with Crippen LogP contribution in [0.15, 0.2) is 12.1 Å². The van der Waals surface area contributed by atoms with Gasteiger partial charge in [-0.15, -0.1) is 0 Å². The average Bonchev–Trinajstić information content (AvgIpc) is 2.95. The first-order valence-corrected chi connectivity index (χ1v) is 7.73. The Balaban J connectivity index is 1.97. The van der Waals surface area contributed by atoms with Gasteiger partial charge in [0.1, 0.15) is 5.75 Å². The van der Waals surface area contributed by atoms with Crippen LogP contribution in [0.1, 0.15) is 44.0 Å². The smallest absolute Gasteiger partial charge is 0.260 e. The SMILES string of the molecule is Cc1ccc(OC(C)C(=O)NC2CCCC2)c(CCN)n1. The zero-order valence-corrected chi connectivity index (χ0v) is 12.9. The maximum atomic E-state index is 12.2. The van der Waals surface area contributed by atoms with E-state index in [-0.39, 0.29) is 5.91 Å². The van der Waals surface area contributed by atoms with Crippen molar-refractivity contribution in [3.8, 4) is 5.75 Å². The van der Waals surface area contributed by atoms with Crippen molar-refractivity contribution in [3.05, 3.63) is 23.5 Å². The molecule has 1 aliphatic rings. The van der Waals surface area contributed by atoms with Crippen molar-refractivity contribution < 1.29 is 9.53 Å². The summed E-state index contributed by atoms with van der Waals surface area (Å²) in [6, 6.07) is 4.06. The molecule has 1 atom stereocenters. The Bertz CT molecular complexity index is 484. The first-order chi connectivity index (χ1) is 10.1. The zero-order chi connectivity index (χ0) is 15.2. The van der Waals surface area contributed by atoms with E-state index in [2.05, 4.69) is 10.3 Å². The first kappa shape index (κ1) is 15.8. The Labute approximate surface area is 126 Å². The summed E-state index contributed by atoms with van der Waals surface area (Å²) < 4.78 is 5.80. The lowest BCUT2D eigenvalue weighted by molar-refractivity contribution is -0.128. The van der Waals surface area contributed by atoms with Gasteiger partial charge in [0.25, 0.3) is 5.91 Å². The molecule has 3 N–H and O–H groups in total. The van der Waals surface area contributed by atoms with Crippen LogP contribution >= 0.6 is 0 Å². The molecule has 0 spiro atoms. The summed E-state index contributed by atoms with van der Waals surface area (Å²) in [5, 5.41) is 3.05. The molecule has 1 saturated carbocycles. The normalized spacial score (nSPS) is 16.7. The van der Waals surface area contributed by atoms with Crippen LogP contribution < -0.4 is 15.8 Å². The van der Waals surface area contributed by atoms with E-state index in [0.29, 0.717) is 24.8 Å². The van der Waals surface area contributed by atoms with E-state index in [1.807, 2.05) is 19.1 Å². The summed E-state index contributed by atoms with van der Waals surface area (Å²) in [5.41, 5.74) is 7.35. The number of hydrogen-bond donors (Lipinski definition) is 2. The van der Waals surface area contributed by atoms with Crippen molar-refractivity contribution in [1.82, 2.24) is 10.3 Å². The molecular formula is C16H25N3O2. The third-order valence-corrected chi connectivity index (χ3v) is 3.83. The van der Waals surface area contributed by atoms with Crippen molar-refractivity contribution in [1.29, 1.82) is 0 Å². The van der Waals surface area contributed by atoms with Crippen LogP contribution in [-0.4, -0.2) is 29.6 Å². The fraction of sp³-hybridized carbons (Fsp3) is 0.625. The van der Waals surface area contributed by atoms with Crippen molar-refractivity contribution in [3.63, 3.8) is 0 Å². The lowest BCUT2D eigenvalue weighted by Crippen LogP contribution is -2.41. The maximum Gasteiger partial charge on any atom is 0.260 e. The van der Waals surface area contributed by atoms with Gasteiger partial charge in [-0.25, -0.2) is 0 Å². The van der Waals surface area contributed by atoms with Gasteiger partial charge in [-0.3, -0.25) is 9.78 Å². The van der Waals surface area contributed by atoms with Gasteiger partial charge in [0.2, 0.25) is 0 Å². The Hall–Kier alpha value is -1.62. The van der Waals surface area contributed by atoms with Crippen molar-refractivity contribution >= 4 is 5.91 Å². The zero-order valence-electron chi connectivity index (χ0n) is 12.9. The van der Waals surface area contributed by atoms with E-state index in [1.54, 1.807) is 6.92 Å². The largest absolute Gasteiger partial charge is 0.479 e. The molecule has 1 heterocycles. The number of carbonyl (C=O) groups is 1. The van der Waals surface area contributed by atoms with Gasteiger partial charge >= 0.3 is 0 Å². The standard InChI is InChI=1S/C16H25N3O2/c1-11-7-8-15(14(18-11)9-10-17)21-12(2)16(20)19-13-5-3-4-6-13/h7-8,12-13H,3-6,9-10,17H2,1-2H3,(H,19,20). The molecule has 1 aromatic rings. The summed E-state index contributed by atoms with van der Waals surface area (Å²) in [4.78, 5) is 16.6. The number of nitrogens with zero attached hydrogens (tertiary/aromatic N) is 1. The van der Waals surface area contributed by atoms with Gasteiger partial charge in [0.15, 0.2) is 6.10 Å². The molecule has 5 nitrogen and oxygen atoms in total. The minimum absolute atomic E-state index is 0.0545. The number of pyridine rings is 1. The number of nitrogens with one attached hydrogen (secondary N) is 1. The van der Waals surface area contributed by atoms with Gasteiger partial charge in [-0.1, -0.05) is 12.8 Å². The summed E-state index contributed by atoms with van der Waals surface area (Å²) in [5.74, 6) is 0.598. The molecule has 0 bridgehead atoms. The van der Waals surface area contributed by atoms with Crippen LogP contribution in [0.2, 0.25) is 0 Å². The molecule has 0 saturated heterocycles. The highest BCUT2D eigenvalue weighted by Crippen LogP contribution is 2.20. The molecule has 1 unspecified atom stereocenters. The van der Waals surface area contributed by atoms with E-state index in [1.165, 1.54) is 12.8 Å². The predicted molar refractivity (Wildman–Crippen MR) is 82.2 cm³/mol. The molecule has 0 aliphatic heterocycles. The highest BCUT2D eigenvalue weighted by molar-refractivity contribution is 5.81. The van der Waals surface area contributed by atoms with E-state index < -0.39 is 6.10 Å². The quantitative estimate of drug-likeness (QED) is 0.836. The Morgan fingerprint density at radius 3 is 2.86 bits per heavy atom. The summed E-state index contributed by atoms with van der Waals surface area (Å²) in [6.07, 6.45) is 4.66. The Morgan fingerprint density at radius 1 is 1.48 bits per heavy atom. The van der Waals surface area contributed by atoms with Crippen LogP contribution in [0.3, 0.4) is 0 Å². The molecule has 5 heteroatoms. The van der Waals surface area contributed by atoms with Gasteiger partial charge in [-0.2, -0.15) is 0 Å². The summed E-state index contributed by atoms with van der Waals surface area (Å²) in [6.45, 7) is 4.21. The van der Waals surface area contributed by atoms with Gasteiger partial charge in [0, 0.05) is 18.2 Å². The van der Waals surface area contributed by atoms with Crippen molar-refractivity contribution in [2.45, 2.75) is 58.1 Å². The fourth-order valence-electron chi connectivity index (χ4n) is 2.65. The molecule has 0 radical (unpaired) electrons. The second kappa shape index (κ2) is 7.41. The molecule has 21 heavy (non-hydrogen) atoms. The number of ether oxygens (including phenoxy) is 1. The molecule has 1 aliphatic carbocycles. The second-order valence-corrected chi connectivity index (χ2v) is 5.69. The van der Waals surface area contributed by atoms with Crippen molar-refractivity contribution in [2.75, 3.05) is 6.54 Å². The van der Waals surface area contributed by atoms with E-state index in [9.17, 15) is 4.79 Å². The predicted octanol–water partition coefficient (Wildman–Crippen LogP) is 1.72. The van der Waals surface area contributed by atoms with Crippen LogP contribution in [0.5, 0.6) is 5.75 Å². The number of nitrogens with two attached hydrogens (primary N) is 1. The third-order valence-electron chi connectivity index (χ3n) is 3.83. The van der Waals surface area contributed by atoms with Crippen molar-refractivity contribution in [2.24, 2.45) is 5.73 Å². The van der Waals surface area contributed by atoms with Gasteiger partial charge in [0.05, 0.1) is 5.69 Å². The molecule has 116 valence electrons. The van der Waals surface area contributed by atoms with Crippen LogP contribution in [-0.2, 0) is 11.2 Å². The number of aryl methyl sites for hydroxylation is 1. The lowest BCUT2D eigenvalue weighted by atomic mass is 10.2. The third kappa shape index (κ3) is 4.43. The minimum Gasteiger partial charge on any atom is -0.479 e. The molecule has 0 aromatic carbocycles. The monoisotopic (exact) mass is 291 g/mol. The highest BCUT2D eigenvalue weighted by Gasteiger charge is 2.22. The van der Waals surface area contributed by atoms with E-state index in [4.69, 9.17) is 10.5 Å². The Kier molecular flexibility index (Phi) is 5.56.